The van der Waals surface area contributed by atoms with Gasteiger partial charge in [-0.3, -0.25) is 14.6 Å². The number of aliphatic imine (C=N–C) groups is 1. The number of benzene rings is 2. The Morgan fingerprint density at radius 3 is 2.66 bits per heavy atom. The first kappa shape index (κ1) is 33.6. The van der Waals surface area contributed by atoms with Gasteiger partial charge < -0.3 is 64.2 Å². The van der Waals surface area contributed by atoms with Crippen LogP contribution in [0.4, 0.5) is 0 Å². The minimum absolute atomic E-state index is 0.163. The number of ether oxygens (including phenoxy) is 7. The Hall–Kier alpha value is -4.87. The number of carbonyl (C=O) groups excluding carboxylic acids is 1. The summed E-state index contributed by atoms with van der Waals surface area (Å²) in [4.78, 5) is 29.6. The first-order valence-corrected chi connectivity index (χ1v) is 16.0. The third-order valence-electron chi connectivity index (χ3n) is 9.35. The summed E-state index contributed by atoms with van der Waals surface area (Å²) in [6.45, 7) is 0.906. The maximum absolute atomic E-state index is 12.1. The van der Waals surface area contributed by atoms with Gasteiger partial charge in [0.25, 0.3) is 0 Å². The predicted octanol–water partition coefficient (Wildman–Crippen LogP) is 0.513. The molecule has 1 fully saturated rings. The number of nitrogens with zero attached hydrogens (tertiary/aromatic N) is 2. The number of aliphatic carboxylic acids is 1. The standard InChI is InChI=1S/C34H37N3O13/c1-44-21-4-3-18-19-14-46-22-8-17(47-34-29(43)27(41)28(42)32(50-34)23(10-35)48-25(40)9-24(38)39)7-16(12-37-11-15-5-6-36-20(15)13-37)26(22)30(19)49-31(18)33(21)45-2/h3-8,13,19,23,27-30,32,34,41-43H,9-12,14,35H2,1-2H3,(H,38,39). The minimum atomic E-state index is -1.79. The number of hydrogen-bond acceptors (Lipinski definition) is 15. The zero-order chi connectivity index (χ0) is 35.3. The molecule has 16 heteroatoms. The quantitative estimate of drug-likeness (QED) is 0.160. The number of carboxylic acids is 1. The van der Waals surface area contributed by atoms with Crippen molar-refractivity contribution in [2.24, 2.45) is 10.7 Å². The molecule has 0 spiro atoms. The lowest BCUT2D eigenvalue weighted by Crippen LogP contribution is -2.63. The molecule has 6 N–H and O–H groups in total. The molecular weight excluding hydrogens is 658 g/mol. The number of fused-ring (bicyclic) bond motifs is 6. The molecule has 0 bridgehead atoms. The number of methoxy groups -OCH3 is 2. The highest BCUT2D eigenvalue weighted by atomic mass is 16.7. The molecule has 16 nitrogen and oxygen atoms in total. The van der Waals surface area contributed by atoms with E-state index in [-0.39, 0.29) is 24.8 Å². The fraction of sp³-hybridized carbons (Fsp3) is 0.441. The largest absolute Gasteiger partial charge is 0.493 e. The van der Waals surface area contributed by atoms with Crippen molar-refractivity contribution in [3.05, 3.63) is 64.5 Å². The predicted molar refractivity (Wildman–Crippen MR) is 171 cm³/mol. The smallest absolute Gasteiger partial charge is 0.317 e. The summed E-state index contributed by atoms with van der Waals surface area (Å²) in [7, 11) is 3.11. The average molecular weight is 696 g/mol. The first-order valence-electron chi connectivity index (χ1n) is 16.0. The molecule has 50 heavy (non-hydrogen) atoms. The number of carbonyl (C=O) groups is 2. The topological polar surface area (TPSA) is 221 Å². The number of nitrogens with two attached hydrogens (primary N) is 1. The van der Waals surface area contributed by atoms with Crippen LogP contribution in [0.3, 0.4) is 0 Å². The molecule has 8 unspecified atom stereocenters. The molecule has 5 heterocycles. The summed E-state index contributed by atoms with van der Waals surface area (Å²) < 4.78 is 41.2. The maximum Gasteiger partial charge on any atom is 0.317 e. The van der Waals surface area contributed by atoms with E-state index < -0.39 is 61.3 Å². The number of hydrogen-bond donors (Lipinski definition) is 5. The number of aliphatic hydroxyl groups is 3. The Morgan fingerprint density at radius 2 is 1.94 bits per heavy atom. The molecule has 0 radical (unpaired) electrons. The van der Waals surface area contributed by atoms with Crippen LogP contribution in [0.25, 0.3) is 0 Å². The molecule has 0 saturated carbocycles. The normalized spacial score (nSPS) is 27.8. The Morgan fingerprint density at radius 1 is 1.12 bits per heavy atom. The molecule has 5 aliphatic rings. The van der Waals surface area contributed by atoms with E-state index >= 15 is 0 Å². The van der Waals surface area contributed by atoms with E-state index in [0.29, 0.717) is 36.1 Å². The van der Waals surface area contributed by atoms with Crippen LogP contribution in [0.1, 0.15) is 35.1 Å². The number of esters is 1. The van der Waals surface area contributed by atoms with Crippen molar-refractivity contribution in [3.8, 4) is 28.7 Å². The Bertz CT molecular complexity index is 1780. The van der Waals surface area contributed by atoms with Gasteiger partial charge in [0, 0.05) is 54.8 Å². The number of rotatable bonds is 11. The lowest BCUT2D eigenvalue weighted by atomic mass is 9.86. The van der Waals surface area contributed by atoms with E-state index in [1.807, 2.05) is 24.4 Å². The van der Waals surface area contributed by atoms with Crippen molar-refractivity contribution in [3.63, 3.8) is 0 Å². The molecule has 5 aliphatic heterocycles. The molecule has 1 saturated heterocycles. The second-order valence-electron chi connectivity index (χ2n) is 12.5. The number of aliphatic hydroxyl groups excluding tert-OH is 3. The summed E-state index contributed by atoms with van der Waals surface area (Å²) in [5.41, 5.74) is 10.2. The fourth-order valence-electron chi connectivity index (χ4n) is 6.99. The lowest BCUT2D eigenvalue weighted by Gasteiger charge is -2.42. The van der Waals surface area contributed by atoms with Crippen LogP contribution in [0.5, 0.6) is 28.7 Å². The summed E-state index contributed by atoms with van der Waals surface area (Å²) in [6.07, 6.45) is -5.37. The minimum Gasteiger partial charge on any atom is -0.493 e. The Labute approximate surface area is 285 Å². The van der Waals surface area contributed by atoms with Crippen molar-refractivity contribution in [2.75, 3.05) is 33.9 Å². The highest BCUT2D eigenvalue weighted by Gasteiger charge is 2.49. The lowest BCUT2D eigenvalue weighted by molar-refractivity contribution is -0.288. The molecule has 8 atom stereocenters. The van der Waals surface area contributed by atoms with Gasteiger partial charge >= 0.3 is 11.9 Å². The SMILES string of the molecule is COc1ccc2c(c1OC)OC1c3c(CN4C=C5N=CC=C5C4)cc(OC4OC(C(CN)OC(=O)CC(=O)O)C(O)C(O)C4O)cc3OCC21. The Kier molecular flexibility index (Phi) is 9.04. The van der Waals surface area contributed by atoms with E-state index in [1.165, 1.54) is 0 Å². The van der Waals surface area contributed by atoms with Crippen LogP contribution < -0.4 is 29.4 Å². The molecule has 0 aromatic heterocycles. The molecule has 7 rings (SSSR count). The first-order chi connectivity index (χ1) is 24.1. The van der Waals surface area contributed by atoms with Crippen LogP contribution >= 0.6 is 0 Å². The van der Waals surface area contributed by atoms with Crippen LogP contribution in [-0.2, 0) is 25.6 Å². The van der Waals surface area contributed by atoms with Crippen LogP contribution in [-0.4, -0.2) is 114 Å². The highest BCUT2D eigenvalue weighted by Crippen LogP contribution is 2.57. The zero-order valence-electron chi connectivity index (χ0n) is 27.1. The van der Waals surface area contributed by atoms with E-state index in [1.54, 1.807) is 32.6 Å². The highest BCUT2D eigenvalue weighted by molar-refractivity contribution is 5.90. The fourth-order valence-corrected chi connectivity index (χ4v) is 6.99. The van der Waals surface area contributed by atoms with Crippen molar-refractivity contribution >= 4 is 18.2 Å². The Balaban J connectivity index is 1.20. The molecule has 266 valence electrons. The zero-order valence-corrected chi connectivity index (χ0v) is 27.1. The van der Waals surface area contributed by atoms with Gasteiger partial charge in [0.2, 0.25) is 12.0 Å². The molecular formula is C34H37N3O13. The van der Waals surface area contributed by atoms with Gasteiger partial charge in [-0.2, -0.15) is 0 Å². The van der Waals surface area contributed by atoms with E-state index in [9.17, 15) is 24.9 Å². The van der Waals surface area contributed by atoms with Gasteiger partial charge in [-0.15, -0.1) is 0 Å². The van der Waals surface area contributed by atoms with Crippen LogP contribution in [0, 0.1) is 0 Å². The number of allylic oxidation sites excluding steroid dienone is 1. The van der Waals surface area contributed by atoms with Gasteiger partial charge in [-0.05, 0) is 23.8 Å². The van der Waals surface area contributed by atoms with Crippen molar-refractivity contribution in [1.29, 1.82) is 0 Å². The van der Waals surface area contributed by atoms with Gasteiger partial charge in [0.15, 0.2) is 11.5 Å². The summed E-state index contributed by atoms with van der Waals surface area (Å²) in [5, 5.41) is 41.3. The van der Waals surface area contributed by atoms with Gasteiger partial charge in [0.05, 0.1) is 32.4 Å². The van der Waals surface area contributed by atoms with Gasteiger partial charge in [-0.25, -0.2) is 0 Å². The number of carboxylic acid groups (broad SMARTS) is 1. The van der Waals surface area contributed by atoms with Gasteiger partial charge in [0.1, 0.15) is 54.5 Å². The van der Waals surface area contributed by atoms with Crippen LogP contribution in [0.2, 0.25) is 0 Å². The van der Waals surface area contributed by atoms with Crippen molar-refractivity contribution < 1.29 is 63.2 Å². The van der Waals surface area contributed by atoms with E-state index in [0.717, 1.165) is 28.0 Å². The third-order valence-corrected chi connectivity index (χ3v) is 9.35. The molecule has 0 amide bonds. The van der Waals surface area contributed by atoms with E-state index in [4.69, 9.17) is 44.0 Å². The second-order valence-corrected chi connectivity index (χ2v) is 12.5. The van der Waals surface area contributed by atoms with Crippen LogP contribution in [0.15, 0.2) is 52.8 Å². The summed E-state index contributed by atoms with van der Waals surface area (Å²) in [6, 6.07) is 7.15. The molecule has 0 aliphatic carbocycles. The van der Waals surface area contributed by atoms with Crippen molar-refractivity contribution in [1.82, 2.24) is 4.90 Å². The van der Waals surface area contributed by atoms with Crippen molar-refractivity contribution in [2.45, 2.75) is 61.8 Å². The van der Waals surface area contributed by atoms with Gasteiger partial charge in [-0.1, -0.05) is 6.07 Å². The monoisotopic (exact) mass is 695 g/mol. The average Bonchev–Trinajstić information content (AvgIpc) is 3.80. The summed E-state index contributed by atoms with van der Waals surface area (Å²) >= 11 is 0. The van der Waals surface area contributed by atoms with E-state index in [2.05, 4.69) is 9.89 Å². The maximum atomic E-state index is 12.1. The molecule has 2 aromatic rings. The molecule has 2 aromatic carbocycles. The third kappa shape index (κ3) is 5.98. The summed E-state index contributed by atoms with van der Waals surface area (Å²) in [5.74, 6) is -0.459. The second kappa shape index (κ2) is 13.4.